The Labute approximate surface area is 209 Å². The van der Waals surface area contributed by atoms with Gasteiger partial charge in [-0.15, -0.1) is 11.8 Å². The fourth-order valence-corrected chi connectivity index (χ4v) is 6.30. The van der Waals surface area contributed by atoms with Gasteiger partial charge in [-0.1, -0.05) is 11.3 Å². The SMILES string of the molecule is CSc1ccc2nc(N(CCN3CCOCC3)C(=O)c3ccc(S(=O)(=O)C(C)C)cc3)sc2c1. The van der Waals surface area contributed by atoms with E-state index in [-0.39, 0.29) is 10.8 Å². The first kappa shape index (κ1) is 25.1. The summed E-state index contributed by atoms with van der Waals surface area (Å²) in [6.07, 6.45) is 2.03. The van der Waals surface area contributed by atoms with E-state index in [9.17, 15) is 13.2 Å². The van der Waals surface area contributed by atoms with Crippen molar-refractivity contribution in [3.8, 4) is 0 Å². The normalized spacial score (nSPS) is 15.2. The largest absolute Gasteiger partial charge is 0.379 e. The Bertz CT molecular complexity index is 1250. The fraction of sp³-hybridized carbons (Fsp3) is 0.417. The van der Waals surface area contributed by atoms with Crippen LogP contribution in [0.1, 0.15) is 24.2 Å². The number of aromatic nitrogens is 1. The average molecular weight is 520 g/mol. The quantitative estimate of drug-likeness (QED) is 0.413. The molecular weight excluding hydrogens is 490 g/mol. The Hall–Kier alpha value is -1.98. The number of anilines is 1. The maximum Gasteiger partial charge on any atom is 0.260 e. The molecule has 0 aliphatic carbocycles. The standard InChI is InChI=1S/C24H29N3O4S3/c1-17(2)34(29,30)20-7-4-18(5-8-20)23(28)27(11-10-26-12-14-31-15-13-26)24-25-21-9-6-19(32-3)16-22(21)33-24/h4-9,16-17H,10-15H2,1-3H3. The summed E-state index contributed by atoms with van der Waals surface area (Å²) in [5, 5.41) is 0.124. The number of hydrogen-bond donors (Lipinski definition) is 0. The molecule has 7 nitrogen and oxygen atoms in total. The Morgan fingerprint density at radius 3 is 2.53 bits per heavy atom. The minimum absolute atomic E-state index is 0.189. The number of rotatable bonds is 8. The zero-order valence-corrected chi connectivity index (χ0v) is 22.0. The molecule has 0 bridgehead atoms. The maximum absolute atomic E-state index is 13.6. The van der Waals surface area contributed by atoms with Crippen LogP contribution in [0.15, 0.2) is 52.3 Å². The van der Waals surface area contributed by atoms with Crippen molar-refractivity contribution in [1.82, 2.24) is 9.88 Å². The number of thiazole rings is 1. The van der Waals surface area contributed by atoms with Gasteiger partial charge in [0.2, 0.25) is 0 Å². The topological polar surface area (TPSA) is 79.8 Å². The molecule has 0 N–H and O–H groups in total. The molecule has 0 saturated carbocycles. The maximum atomic E-state index is 13.6. The molecule has 1 saturated heterocycles. The van der Waals surface area contributed by atoms with Gasteiger partial charge < -0.3 is 4.74 Å². The highest BCUT2D eigenvalue weighted by Gasteiger charge is 2.24. The number of hydrogen-bond acceptors (Lipinski definition) is 8. The number of sulfone groups is 1. The van der Waals surface area contributed by atoms with Crippen molar-refractivity contribution in [1.29, 1.82) is 0 Å². The first-order valence-electron chi connectivity index (χ1n) is 11.2. The Morgan fingerprint density at radius 1 is 1.18 bits per heavy atom. The molecule has 1 aliphatic heterocycles. The van der Waals surface area contributed by atoms with Crippen LogP contribution >= 0.6 is 23.1 Å². The Morgan fingerprint density at radius 2 is 1.88 bits per heavy atom. The van der Waals surface area contributed by atoms with Gasteiger partial charge in [-0.3, -0.25) is 14.6 Å². The molecule has 0 unspecified atom stereocenters. The van der Waals surface area contributed by atoms with E-state index in [0.29, 0.717) is 37.0 Å². The highest BCUT2D eigenvalue weighted by Crippen LogP contribution is 2.32. The number of thioether (sulfide) groups is 1. The van der Waals surface area contributed by atoms with Crippen molar-refractivity contribution in [2.45, 2.75) is 28.9 Å². The lowest BCUT2D eigenvalue weighted by Crippen LogP contribution is -2.43. The number of nitrogens with zero attached hydrogens (tertiary/aromatic N) is 3. The molecule has 1 aromatic heterocycles. The minimum Gasteiger partial charge on any atom is -0.379 e. The molecule has 2 heterocycles. The van der Waals surface area contributed by atoms with Gasteiger partial charge in [0.25, 0.3) is 5.91 Å². The second-order valence-corrected chi connectivity index (χ2v) is 12.8. The van der Waals surface area contributed by atoms with Crippen LogP contribution in [0, 0.1) is 0 Å². The van der Waals surface area contributed by atoms with E-state index in [1.54, 1.807) is 42.6 Å². The summed E-state index contributed by atoms with van der Waals surface area (Å²) >= 11 is 3.17. The van der Waals surface area contributed by atoms with Gasteiger partial charge in [0, 0.05) is 36.6 Å². The Kier molecular flexibility index (Phi) is 7.94. The zero-order valence-electron chi connectivity index (χ0n) is 19.6. The molecule has 4 rings (SSSR count). The van der Waals surface area contributed by atoms with Crippen molar-refractivity contribution in [3.05, 3.63) is 48.0 Å². The summed E-state index contributed by atoms with van der Waals surface area (Å²) in [6.45, 7) is 7.55. The van der Waals surface area contributed by atoms with Gasteiger partial charge in [-0.2, -0.15) is 0 Å². The van der Waals surface area contributed by atoms with E-state index in [0.717, 1.165) is 28.2 Å². The van der Waals surface area contributed by atoms with Gasteiger partial charge in [-0.05, 0) is 62.6 Å². The van der Waals surface area contributed by atoms with Crippen LogP contribution in [0.25, 0.3) is 10.2 Å². The van der Waals surface area contributed by atoms with Crippen molar-refractivity contribution in [3.63, 3.8) is 0 Å². The summed E-state index contributed by atoms with van der Waals surface area (Å²) in [7, 11) is -3.40. The van der Waals surface area contributed by atoms with Crippen LogP contribution < -0.4 is 4.90 Å². The van der Waals surface area contributed by atoms with Crippen LogP contribution in [-0.2, 0) is 14.6 Å². The molecule has 0 radical (unpaired) electrons. The van der Waals surface area contributed by atoms with Gasteiger partial charge in [0.05, 0.1) is 33.6 Å². The number of ether oxygens (including phenoxy) is 1. The summed E-state index contributed by atoms with van der Waals surface area (Å²) in [4.78, 5) is 23.7. The van der Waals surface area contributed by atoms with E-state index < -0.39 is 15.1 Å². The van der Waals surface area contributed by atoms with E-state index in [2.05, 4.69) is 11.0 Å². The number of morpholine rings is 1. The van der Waals surface area contributed by atoms with Gasteiger partial charge >= 0.3 is 0 Å². The fourth-order valence-electron chi connectivity index (χ4n) is 3.70. The van der Waals surface area contributed by atoms with Crippen LogP contribution in [0.4, 0.5) is 5.13 Å². The summed E-state index contributed by atoms with van der Waals surface area (Å²) in [5.74, 6) is -0.189. The number of fused-ring (bicyclic) bond motifs is 1. The van der Waals surface area contributed by atoms with Crippen LogP contribution in [0.3, 0.4) is 0 Å². The molecular formula is C24H29N3O4S3. The molecule has 1 amide bonds. The van der Waals surface area contributed by atoms with Gasteiger partial charge in [0.1, 0.15) is 0 Å². The lowest BCUT2D eigenvalue weighted by molar-refractivity contribution is 0.0391. The lowest BCUT2D eigenvalue weighted by Gasteiger charge is -2.29. The first-order valence-corrected chi connectivity index (χ1v) is 14.8. The van der Waals surface area contributed by atoms with E-state index in [1.165, 1.54) is 23.5 Å². The lowest BCUT2D eigenvalue weighted by atomic mass is 10.2. The van der Waals surface area contributed by atoms with Crippen LogP contribution in [0.2, 0.25) is 0 Å². The molecule has 34 heavy (non-hydrogen) atoms. The van der Waals surface area contributed by atoms with Crippen LogP contribution in [0.5, 0.6) is 0 Å². The Balaban J connectivity index is 1.63. The van der Waals surface area contributed by atoms with Gasteiger partial charge in [0.15, 0.2) is 15.0 Å². The second-order valence-electron chi connectivity index (χ2n) is 8.36. The van der Waals surface area contributed by atoms with Crippen LogP contribution in [-0.4, -0.2) is 75.1 Å². The minimum atomic E-state index is -3.40. The molecule has 0 atom stereocenters. The highest BCUT2D eigenvalue weighted by molar-refractivity contribution is 7.98. The van der Waals surface area contributed by atoms with Crippen molar-refractivity contribution < 1.29 is 17.9 Å². The van der Waals surface area contributed by atoms with Crippen molar-refractivity contribution in [2.24, 2.45) is 0 Å². The van der Waals surface area contributed by atoms with E-state index in [4.69, 9.17) is 9.72 Å². The third-order valence-corrected chi connectivity index (χ3v) is 9.79. The highest BCUT2D eigenvalue weighted by atomic mass is 32.2. The molecule has 182 valence electrons. The molecule has 3 aromatic rings. The predicted octanol–water partition coefficient (Wildman–Crippen LogP) is 4.18. The molecule has 1 fully saturated rings. The summed E-state index contributed by atoms with van der Waals surface area (Å²) < 4.78 is 31.4. The van der Waals surface area contributed by atoms with Crippen molar-refractivity contribution in [2.75, 3.05) is 50.5 Å². The molecule has 1 aliphatic rings. The number of carbonyl (C=O) groups excluding carboxylic acids is 1. The third-order valence-electron chi connectivity index (χ3n) is 5.85. The second kappa shape index (κ2) is 10.7. The number of carbonyl (C=O) groups is 1. The zero-order chi connectivity index (χ0) is 24.3. The summed E-state index contributed by atoms with van der Waals surface area (Å²) in [6, 6.07) is 12.3. The average Bonchev–Trinajstić information content (AvgIpc) is 3.27. The summed E-state index contributed by atoms with van der Waals surface area (Å²) in [5.41, 5.74) is 1.30. The molecule has 2 aromatic carbocycles. The smallest absolute Gasteiger partial charge is 0.260 e. The van der Waals surface area contributed by atoms with Crippen molar-refractivity contribution >= 4 is 54.2 Å². The van der Waals surface area contributed by atoms with E-state index in [1.807, 2.05) is 18.4 Å². The van der Waals surface area contributed by atoms with E-state index >= 15 is 0 Å². The monoisotopic (exact) mass is 519 g/mol. The predicted molar refractivity (Wildman–Crippen MR) is 139 cm³/mol. The number of benzene rings is 2. The third kappa shape index (κ3) is 5.46. The molecule has 10 heteroatoms. The molecule has 0 spiro atoms. The van der Waals surface area contributed by atoms with Gasteiger partial charge in [-0.25, -0.2) is 13.4 Å². The first-order chi connectivity index (χ1) is 16.3. The number of amides is 1.